The fraction of sp³-hybridized carbons (Fsp3) is 0.667. The maximum atomic E-state index is 11.0. The highest BCUT2D eigenvalue weighted by Gasteiger charge is 1.73. The summed E-state index contributed by atoms with van der Waals surface area (Å²) in [6.45, 7) is 3.88. The standard InChI is InChI=1S/C3H7F.C2H2F2.CH2F2O/c1-3(2)4;1-2(3)4;2-1-4-3/h3H,1-2H3;2*1H2. The molecule has 0 aliphatic rings. The first-order chi connectivity index (χ1) is 5.38. The Hall–Kier alpha value is -0.650. The Balaban J connectivity index is -0.000000101. The molecule has 0 spiro atoms. The van der Waals surface area contributed by atoms with Crippen LogP contribution >= 0.6 is 0 Å². The van der Waals surface area contributed by atoms with Crippen LogP contribution in [0, 0.1) is 0 Å². The second-order valence-corrected chi connectivity index (χ2v) is 1.57. The first-order valence-corrected chi connectivity index (χ1v) is 2.81. The van der Waals surface area contributed by atoms with Gasteiger partial charge in [-0.15, -0.1) is 0 Å². The molecule has 1 nitrogen and oxygen atoms in total. The van der Waals surface area contributed by atoms with E-state index in [1.54, 1.807) is 0 Å². The third-order valence-corrected chi connectivity index (χ3v) is 0.0412. The van der Waals surface area contributed by atoms with Gasteiger partial charge in [-0.2, -0.15) is 13.7 Å². The average molecular weight is 194 g/mol. The van der Waals surface area contributed by atoms with E-state index in [-0.39, 0.29) is 0 Å². The van der Waals surface area contributed by atoms with Crippen molar-refractivity contribution in [3.63, 3.8) is 0 Å². The summed E-state index contributed by atoms with van der Waals surface area (Å²) in [5, 5.41) is 0. The number of rotatable bonds is 1. The zero-order valence-electron chi connectivity index (χ0n) is 6.79. The van der Waals surface area contributed by atoms with E-state index >= 15 is 0 Å². The summed E-state index contributed by atoms with van der Waals surface area (Å²) in [6.07, 6.45) is -2.50. The van der Waals surface area contributed by atoms with Crippen LogP contribution in [0.2, 0.25) is 0 Å². The van der Waals surface area contributed by atoms with Crippen molar-refractivity contribution in [3.8, 4) is 0 Å². The van der Waals surface area contributed by atoms with Gasteiger partial charge in [-0.1, -0.05) is 0 Å². The van der Waals surface area contributed by atoms with Crippen LogP contribution in [0.1, 0.15) is 13.8 Å². The van der Waals surface area contributed by atoms with Gasteiger partial charge in [0, 0.05) is 0 Å². The molecule has 0 unspecified atom stereocenters. The van der Waals surface area contributed by atoms with Gasteiger partial charge in [0.1, 0.15) is 0 Å². The van der Waals surface area contributed by atoms with E-state index in [1.165, 1.54) is 13.8 Å². The van der Waals surface area contributed by atoms with E-state index in [9.17, 15) is 22.1 Å². The van der Waals surface area contributed by atoms with Gasteiger partial charge in [0.15, 0.2) is 0 Å². The van der Waals surface area contributed by atoms with E-state index in [0.29, 0.717) is 0 Å². The van der Waals surface area contributed by atoms with Gasteiger partial charge in [-0.05, 0) is 25.0 Å². The number of alkyl halides is 2. The SMILES string of the molecule is C=C(F)F.CC(C)F.FCOF. The second-order valence-electron chi connectivity index (χ2n) is 1.57. The van der Waals surface area contributed by atoms with Gasteiger partial charge in [-0.25, -0.2) is 8.78 Å². The van der Waals surface area contributed by atoms with Crippen LogP contribution in [0.4, 0.5) is 22.1 Å². The molecule has 0 radical (unpaired) electrons. The molecule has 0 bridgehead atoms. The molecule has 0 N–H and O–H groups in total. The smallest absolute Gasteiger partial charge is 0.248 e. The highest BCUT2D eigenvalue weighted by molar-refractivity contribution is 4.57. The molecule has 0 aromatic heterocycles. The first kappa shape index (κ1) is 17.4. The molecule has 0 fully saturated rings. The minimum Gasteiger partial charge on any atom is -0.248 e. The minimum atomic E-state index is -1.83. The number of halogens is 5. The van der Waals surface area contributed by atoms with E-state index in [1.807, 2.05) is 0 Å². The molecule has 0 rings (SSSR count). The summed E-state index contributed by atoms with van der Waals surface area (Å²) in [7, 11) is 0. The molecule has 0 aromatic rings. The zero-order valence-corrected chi connectivity index (χ0v) is 6.79. The quantitative estimate of drug-likeness (QED) is 0.579. The van der Waals surface area contributed by atoms with Gasteiger partial charge in [0.25, 0.3) is 6.08 Å². The molecule has 0 aromatic carbocycles. The summed E-state index contributed by atoms with van der Waals surface area (Å²) in [5.74, 6) is 0. The normalized spacial score (nSPS) is 7.67. The molecule has 0 aliphatic heterocycles. The van der Waals surface area contributed by atoms with Crippen LogP contribution in [-0.4, -0.2) is 13.0 Å². The molecule has 0 saturated carbocycles. The highest BCUT2D eigenvalue weighted by Crippen LogP contribution is 1.85. The zero-order chi connectivity index (χ0) is 10.6. The molecule has 76 valence electrons. The van der Waals surface area contributed by atoms with Crippen LogP contribution in [0.3, 0.4) is 0 Å². The van der Waals surface area contributed by atoms with Crippen molar-refractivity contribution in [1.82, 2.24) is 0 Å². The molecule has 0 aliphatic carbocycles. The fourth-order valence-electron chi connectivity index (χ4n) is 0. The Labute approximate surface area is 67.7 Å². The van der Waals surface area contributed by atoms with Crippen molar-refractivity contribution >= 4 is 0 Å². The molecule has 0 heterocycles. The molecular weight excluding hydrogens is 183 g/mol. The van der Waals surface area contributed by atoms with Crippen molar-refractivity contribution in [2.24, 2.45) is 0 Å². The Morgan fingerprint density at radius 2 is 1.50 bits per heavy atom. The molecular formula is C6H11F5O. The van der Waals surface area contributed by atoms with Crippen molar-refractivity contribution in [1.29, 1.82) is 0 Å². The van der Waals surface area contributed by atoms with E-state index in [2.05, 4.69) is 11.5 Å². The van der Waals surface area contributed by atoms with Crippen LogP contribution in [0.5, 0.6) is 0 Å². The predicted octanol–water partition coefficient (Wildman–Crippen LogP) is 3.58. The van der Waals surface area contributed by atoms with Gasteiger partial charge >= 0.3 is 0 Å². The lowest BCUT2D eigenvalue weighted by Crippen LogP contribution is -1.73. The number of hydrogen-bond acceptors (Lipinski definition) is 1. The maximum Gasteiger partial charge on any atom is 0.263 e. The number of hydrogen-bond donors (Lipinski definition) is 0. The predicted molar refractivity (Wildman–Crippen MR) is 35.8 cm³/mol. The summed E-state index contributed by atoms with van der Waals surface area (Å²) >= 11 is 0. The van der Waals surface area contributed by atoms with E-state index < -0.39 is 19.1 Å². The van der Waals surface area contributed by atoms with Crippen molar-refractivity contribution in [2.45, 2.75) is 20.0 Å². The first-order valence-electron chi connectivity index (χ1n) is 2.81. The molecule has 6 heteroatoms. The van der Waals surface area contributed by atoms with Crippen molar-refractivity contribution < 1.29 is 27.0 Å². The monoisotopic (exact) mass is 194 g/mol. The molecule has 0 saturated heterocycles. The Morgan fingerprint density at radius 1 is 1.42 bits per heavy atom. The van der Waals surface area contributed by atoms with Gasteiger partial charge in [0.2, 0.25) is 6.86 Å². The van der Waals surface area contributed by atoms with Crippen LogP contribution in [-0.2, 0) is 4.94 Å². The lowest BCUT2D eigenvalue weighted by atomic mass is 10.5. The van der Waals surface area contributed by atoms with Crippen LogP contribution in [0.15, 0.2) is 12.7 Å². The van der Waals surface area contributed by atoms with Crippen molar-refractivity contribution in [2.75, 3.05) is 6.86 Å². The summed E-state index contributed by atoms with van der Waals surface area (Å²) in [4.78, 5) is 2.38. The molecule has 12 heavy (non-hydrogen) atoms. The topological polar surface area (TPSA) is 9.23 Å². The average Bonchev–Trinajstić information content (AvgIpc) is 1.85. The minimum absolute atomic E-state index is 0.667. The Kier molecular flexibility index (Phi) is 24.3. The van der Waals surface area contributed by atoms with E-state index in [0.717, 1.165) is 0 Å². The summed E-state index contributed by atoms with van der Waals surface area (Å²) < 4.78 is 51.2. The van der Waals surface area contributed by atoms with Gasteiger partial charge in [-0.3, -0.25) is 0 Å². The second kappa shape index (κ2) is 16.7. The Morgan fingerprint density at radius 3 is 1.50 bits per heavy atom. The highest BCUT2D eigenvalue weighted by atomic mass is 19.3. The summed E-state index contributed by atoms with van der Waals surface area (Å²) in [6, 6.07) is 0. The third kappa shape index (κ3) is 5320. The lowest BCUT2D eigenvalue weighted by Gasteiger charge is -1.74. The molecule has 0 atom stereocenters. The van der Waals surface area contributed by atoms with Gasteiger partial charge < -0.3 is 0 Å². The van der Waals surface area contributed by atoms with E-state index in [4.69, 9.17) is 0 Å². The van der Waals surface area contributed by atoms with Crippen LogP contribution < -0.4 is 0 Å². The Bertz CT molecular complexity index is 77.3. The lowest BCUT2D eigenvalue weighted by molar-refractivity contribution is -0.167. The maximum absolute atomic E-state index is 11.0. The largest absolute Gasteiger partial charge is 0.263 e. The third-order valence-electron chi connectivity index (χ3n) is 0.0412. The molecule has 0 amide bonds. The van der Waals surface area contributed by atoms with Crippen molar-refractivity contribution in [3.05, 3.63) is 12.7 Å². The summed E-state index contributed by atoms with van der Waals surface area (Å²) in [5.41, 5.74) is 0. The van der Waals surface area contributed by atoms with Gasteiger partial charge in [0.05, 0.1) is 6.17 Å². The fourth-order valence-corrected chi connectivity index (χ4v) is 0. The van der Waals surface area contributed by atoms with Crippen LogP contribution in [0.25, 0.3) is 0 Å².